The van der Waals surface area contributed by atoms with Crippen molar-refractivity contribution in [1.82, 2.24) is 9.78 Å². The second-order valence-corrected chi connectivity index (χ2v) is 5.17. The second kappa shape index (κ2) is 4.49. The zero-order valence-electron chi connectivity index (χ0n) is 9.73. The molecule has 0 aliphatic rings. The quantitative estimate of drug-likeness (QED) is 0.901. The Kier molecular flexibility index (Phi) is 3.27. The lowest BCUT2D eigenvalue weighted by Crippen LogP contribution is -2.31. The van der Waals surface area contributed by atoms with Crippen molar-refractivity contribution in [2.75, 3.05) is 0 Å². The molecule has 0 saturated heterocycles. The third-order valence-corrected chi connectivity index (χ3v) is 3.79. The number of aromatic nitrogens is 2. The van der Waals surface area contributed by atoms with Gasteiger partial charge in [0.15, 0.2) is 5.69 Å². The third-order valence-electron chi connectivity index (χ3n) is 2.57. The minimum absolute atomic E-state index is 0.00796. The minimum Gasteiger partial charge on any atom is -0.480 e. The number of aliphatic carboxylic acids is 1. The van der Waals surface area contributed by atoms with Crippen molar-refractivity contribution in [3.05, 3.63) is 16.6 Å². The summed E-state index contributed by atoms with van der Waals surface area (Å²) in [6.07, 6.45) is -4.54. The van der Waals surface area contributed by atoms with Gasteiger partial charge in [0.1, 0.15) is 10.9 Å². The van der Waals surface area contributed by atoms with E-state index < -0.39 is 23.9 Å². The summed E-state index contributed by atoms with van der Waals surface area (Å²) in [4.78, 5) is 11.5. The summed E-state index contributed by atoms with van der Waals surface area (Å²) in [6.45, 7) is 0. The average molecular weight is 293 g/mol. The van der Waals surface area contributed by atoms with E-state index in [1.165, 1.54) is 13.1 Å². The number of nitrogens with two attached hydrogens (primary N) is 1. The van der Waals surface area contributed by atoms with Gasteiger partial charge in [-0.2, -0.15) is 18.3 Å². The van der Waals surface area contributed by atoms with E-state index in [0.29, 0.717) is 9.71 Å². The second-order valence-electron chi connectivity index (χ2n) is 4.05. The van der Waals surface area contributed by atoms with Gasteiger partial charge in [0.25, 0.3) is 0 Å². The van der Waals surface area contributed by atoms with Crippen molar-refractivity contribution < 1.29 is 23.1 Å². The van der Waals surface area contributed by atoms with Gasteiger partial charge in [0, 0.05) is 23.7 Å². The summed E-state index contributed by atoms with van der Waals surface area (Å²) in [5.41, 5.74) is 4.40. The summed E-state index contributed by atoms with van der Waals surface area (Å²) in [5.74, 6) is -1.19. The van der Waals surface area contributed by atoms with E-state index in [0.717, 1.165) is 16.0 Å². The highest BCUT2D eigenvalue weighted by Gasteiger charge is 2.37. The Balaban J connectivity index is 2.44. The van der Waals surface area contributed by atoms with Crippen LogP contribution in [0.5, 0.6) is 0 Å². The van der Waals surface area contributed by atoms with Crippen LogP contribution in [0.15, 0.2) is 6.07 Å². The van der Waals surface area contributed by atoms with Crippen molar-refractivity contribution in [3.8, 4) is 0 Å². The fourth-order valence-electron chi connectivity index (χ4n) is 1.70. The highest BCUT2D eigenvalue weighted by Crippen LogP contribution is 2.37. The lowest BCUT2D eigenvalue weighted by molar-refractivity contribution is -0.140. The number of rotatable bonds is 3. The molecule has 0 saturated carbocycles. The van der Waals surface area contributed by atoms with E-state index in [1.807, 2.05) is 0 Å². The van der Waals surface area contributed by atoms with Crippen LogP contribution >= 0.6 is 11.3 Å². The Morgan fingerprint density at radius 3 is 2.79 bits per heavy atom. The van der Waals surface area contributed by atoms with Crippen LogP contribution < -0.4 is 5.73 Å². The number of thiophene rings is 1. The first-order valence-electron chi connectivity index (χ1n) is 5.21. The van der Waals surface area contributed by atoms with Gasteiger partial charge in [-0.05, 0) is 6.07 Å². The summed E-state index contributed by atoms with van der Waals surface area (Å²) in [5, 5.41) is 12.1. The molecule has 9 heteroatoms. The molecular formula is C10H10F3N3O2S. The molecule has 104 valence electrons. The Morgan fingerprint density at radius 1 is 1.63 bits per heavy atom. The van der Waals surface area contributed by atoms with Gasteiger partial charge >= 0.3 is 12.1 Å². The molecule has 0 radical (unpaired) electrons. The summed E-state index contributed by atoms with van der Waals surface area (Å²) >= 11 is 1.06. The van der Waals surface area contributed by atoms with Crippen molar-refractivity contribution in [1.29, 1.82) is 0 Å². The highest BCUT2D eigenvalue weighted by molar-refractivity contribution is 7.18. The predicted octanol–water partition coefficient (Wildman–Crippen LogP) is 1.61. The van der Waals surface area contributed by atoms with E-state index >= 15 is 0 Å². The fraction of sp³-hybridized carbons (Fsp3) is 0.400. The number of aryl methyl sites for hydroxylation is 1. The van der Waals surface area contributed by atoms with Gasteiger partial charge in [-0.25, -0.2) is 0 Å². The topological polar surface area (TPSA) is 81.1 Å². The largest absolute Gasteiger partial charge is 0.480 e. The van der Waals surface area contributed by atoms with Gasteiger partial charge in [-0.3, -0.25) is 9.48 Å². The molecule has 2 heterocycles. The smallest absolute Gasteiger partial charge is 0.435 e. The molecule has 0 amide bonds. The Morgan fingerprint density at radius 2 is 2.26 bits per heavy atom. The van der Waals surface area contributed by atoms with Gasteiger partial charge in [-0.15, -0.1) is 11.3 Å². The monoisotopic (exact) mass is 293 g/mol. The number of fused-ring (bicyclic) bond motifs is 1. The average Bonchev–Trinajstić information content (AvgIpc) is 2.78. The number of carbonyl (C=O) groups is 1. The molecule has 3 N–H and O–H groups in total. The van der Waals surface area contributed by atoms with E-state index in [4.69, 9.17) is 10.8 Å². The van der Waals surface area contributed by atoms with Crippen LogP contribution in [0, 0.1) is 0 Å². The molecular weight excluding hydrogens is 283 g/mol. The molecule has 0 spiro atoms. The number of nitrogens with zero attached hydrogens (tertiary/aromatic N) is 2. The first kappa shape index (κ1) is 13.8. The number of hydrogen-bond donors (Lipinski definition) is 2. The van der Waals surface area contributed by atoms with Crippen LogP contribution in [0.3, 0.4) is 0 Å². The van der Waals surface area contributed by atoms with Crippen molar-refractivity contribution in [3.63, 3.8) is 0 Å². The lowest BCUT2D eigenvalue weighted by Gasteiger charge is -2.03. The number of carboxylic acids is 1. The summed E-state index contributed by atoms with van der Waals surface area (Å²) in [7, 11) is 1.41. The zero-order valence-corrected chi connectivity index (χ0v) is 10.5. The molecule has 1 unspecified atom stereocenters. The number of hydrogen-bond acceptors (Lipinski definition) is 4. The maximum Gasteiger partial charge on any atom is 0.435 e. The molecule has 0 aliphatic carbocycles. The number of halogens is 3. The molecule has 5 nitrogen and oxygen atoms in total. The predicted molar refractivity (Wildman–Crippen MR) is 62.9 cm³/mol. The Labute approximate surface area is 109 Å². The molecule has 19 heavy (non-hydrogen) atoms. The molecule has 0 bridgehead atoms. The highest BCUT2D eigenvalue weighted by atomic mass is 32.1. The van der Waals surface area contributed by atoms with Gasteiger partial charge in [0.05, 0.1) is 0 Å². The van der Waals surface area contributed by atoms with Gasteiger partial charge < -0.3 is 10.8 Å². The van der Waals surface area contributed by atoms with Crippen molar-refractivity contribution >= 4 is 27.5 Å². The summed E-state index contributed by atoms with van der Waals surface area (Å²) in [6, 6.07) is 0.175. The van der Waals surface area contributed by atoms with Crippen LogP contribution in [0.2, 0.25) is 0 Å². The molecule has 0 fully saturated rings. The fourth-order valence-corrected chi connectivity index (χ4v) is 2.83. The Hall–Kier alpha value is -1.61. The van der Waals surface area contributed by atoms with Crippen LogP contribution in [0.1, 0.15) is 10.6 Å². The minimum atomic E-state index is -4.53. The zero-order chi connectivity index (χ0) is 14.4. The number of alkyl halides is 3. The molecule has 2 rings (SSSR count). The van der Waals surface area contributed by atoms with E-state index in [2.05, 4.69) is 5.10 Å². The van der Waals surface area contributed by atoms with Crippen molar-refractivity contribution in [2.24, 2.45) is 12.8 Å². The molecule has 2 aromatic rings. The first-order chi connectivity index (χ1) is 8.70. The van der Waals surface area contributed by atoms with Gasteiger partial charge in [-0.1, -0.05) is 0 Å². The van der Waals surface area contributed by atoms with E-state index in [-0.39, 0.29) is 11.8 Å². The molecule has 2 aromatic heterocycles. The third kappa shape index (κ3) is 2.56. The first-order valence-corrected chi connectivity index (χ1v) is 6.03. The van der Waals surface area contributed by atoms with Crippen LogP contribution in [-0.2, 0) is 24.4 Å². The van der Waals surface area contributed by atoms with Gasteiger partial charge in [0.2, 0.25) is 0 Å². The normalized spacial score (nSPS) is 13.9. The van der Waals surface area contributed by atoms with E-state index in [1.54, 1.807) is 0 Å². The van der Waals surface area contributed by atoms with Crippen LogP contribution in [0.25, 0.3) is 10.2 Å². The number of carboxylic acid groups (broad SMARTS) is 1. The molecule has 0 aliphatic heterocycles. The van der Waals surface area contributed by atoms with Crippen molar-refractivity contribution in [2.45, 2.75) is 18.6 Å². The maximum atomic E-state index is 12.7. The van der Waals surface area contributed by atoms with Crippen LogP contribution in [0.4, 0.5) is 13.2 Å². The standard InChI is InChI=1S/C10H10F3N3O2S/c1-16-8-5(7(15-16)10(11,12)13)2-4(19-8)3-6(14)9(17)18/h2,6H,3,14H2,1H3,(H,17,18). The van der Waals surface area contributed by atoms with E-state index in [9.17, 15) is 18.0 Å². The lowest BCUT2D eigenvalue weighted by atomic mass is 10.2. The SMILES string of the molecule is Cn1nc(C(F)(F)F)c2cc(CC(N)C(=O)O)sc21. The summed E-state index contributed by atoms with van der Waals surface area (Å²) < 4.78 is 39.4. The molecule has 1 atom stereocenters. The Bertz CT molecular complexity index is 632. The van der Waals surface area contributed by atoms with Crippen LogP contribution in [-0.4, -0.2) is 26.9 Å². The molecule has 0 aromatic carbocycles. The maximum absolute atomic E-state index is 12.7.